The van der Waals surface area contributed by atoms with Gasteiger partial charge in [0, 0.05) is 32.7 Å². The number of nitrogens with one attached hydrogen (secondary N) is 1. The van der Waals surface area contributed by atoms with Crippen LogP contribution in [0.15, 0.2) is 18.2 Å². The lowest BCUT2D eigenvalue weighted by Gasteiger charge is -2.34. The van der Waals surface area contributed by atoms with Crippen LogP contribution in [-0.2, 0) is 6.42 Å². The molecule has 0 bridgehead atoms. The van der Waals surface area contributed by atoms with Gasteiger partial charge < -0.3 is 24.6 Å². The average molecular weight is 321 g/mol. The Morgan fingerprint density at radius 1 is 1.13 bits per heavy atom. The lowest BCUT2D eigenvalue weighted by atomic mass is 10.1. The molecule has 1 N–H and O–H groups in total. The minimum absolute atomic E-state index is 0.0289. The molecule has 0 atom stereocenters. The monoisotopic (exact) mass is 321 g/mol. The van der Waals surface area contributed by atoms with Crippen LogP contribution in [0.1, 0.15) is 12.5 Å². The van der Waals surface area contributed by atoms with Gasteiger partial charge >= 0.3 is 6.03 Å². The predicted octanol–water partition coefficient (Wildman–Crippen LogP) is 1.59. The van der Waals surface area contributed by atoms with Crippen molar-refractivity contribution >= 4 is 6.03 Å². The fourth-order valence-electron chi connectivity index (χ4n) is 2.73. The van der Waals surface area contributed by atoms with Gasteiger partial charge in [0.15, 0.2) is 11.5 Å². The number of nitrogens with zero attached hydrogens (tertiary/aromatic N) is 2. The number of benzene rings is 1. The molecule has 1 aliphatic heterocycles. The third-order valence-corrected chi connectivity index (χ3v) is 4.24. The first-order valence-electron chi connectivity index (χ1n) is 8.14. The smallest absolute Gasteiger partial charge is 0.317 e. The highest BCUT2D eigenvalue weighted by Crippen LogP contribution is 2.27. The molecule has 0 aromatic heterocycles. The first-order valence-corrected chi connectivity index (χ1v) is 8.14. The summed E-state index contributed by atoms with van der Waals surface area (Å²) in [5.41, 5.74) is 1.11. The molecule has 0 radical (unpaired) electrons. The van der Waals surface area contributed by atoms with Crippen molar-refractivity contribution in [1.82, 2.24) is 15.1 Å². The molecule has 0 unspecified atom stereocenters. The number of piperazine rings is 1. The van der Waals surface area contributed by atoms with E-state index in [-0.39, 0.29) is 6.03 Å². The molecule has 6 nitrogen and oxygen atoms in total. The summed E-state index contributed by atoms with van der Waals surface area (Å²) in [6.07, 6.45) is 0.765. The van der Waals surface area contributed by atoms with E-state index in [1.807, 2.05) is 23.1 Å². The van der Waals surface area contributed by atoms with E-state index in [2.05, 4.69) is 17.1 Å². The Bertz CT molecular complexity index is 514. The van der Waals surface area contributed by atoms with Crippen LogP contribution in [-0.4, -0.2) is 69.3 Å². The van der Waals surface area contributed by atoms with E-state index < -0.39 is 0 Å². The number of hydrogen-bond acceptors (Lipinski definition) is 4. The summed E-state index contributed by atoms with van der Waals surface area (Å²) in [5, 5.41) is 3.00. The van der Waals surface area contributed by atoms with Gasteiger partial charge in [0.2, 0.25) is 0 Å². The van der Waals surface area contributed by atoms with Gasteiger partial charge in [-0.2, -0.15) is 0 Å². The van der Waals surface area contributed by atoms with Crippen molar-refractivity contribution in [3.8, 4) is 11.5 Å². The minimum atomic E-state index is 0.0289. The maximum absolute atomic E-state index is 12.2. The normalized spacial score (nSPS) is 15.3. The average Bonchev–Trinajstić information content (AvgIpc) is 2.61. The van der Waals surface area contributed by atoms with Gasteiger partial charge in [-0.05, 0) is 30.7 Å². The summed E-state index contributed by atoms with van der Waals surface area (Å²) in [5.74, 6) is 1.43. The molecule has 1 heterocycles. The first kappa shape index (κ1) is 17.4. The van der Waals surface area contributed by atoms with Crippen molar-refractivity contribution in [2.45, 2.75) is 13.3 Å². The lowest BCUT2D eigenvalue weighted by molar-refractivity contribution is 0.143. The number of methoxy groups -OCH3 is 2. The van der Waals surface area contributed by atoms with Gasteiger partial charge in [-0.15, -0.1) is 0 Å². The molecule has 1 aliphatic rings. The van der Waals surface area contributed by atoms with Crippen LogP contribution in [0, 0.1) is 0 Å². The number of urea groups is 1. The van der Waals surface area contributed by atoms with E-state index in [0.29, 0.717) is 18.0 Å². The molecule has 0 spiro atoms. The number of rotatable bonds is 6. The Balaban J connectivity index is 1.77. The second kappa shape index (κ2) is 8.62. The molecule has 1 saturated heterocycles. The zero-order valence-corrected chi connectivity index (χ0v) is 14.3. The Morgan fingerprint density at radius 2 is 1.83 bits per heavy atom. The van der Waals surface area contributed by atoms with Gasteiger partial charge in [0.25, 0.3) is 0 Å². The van der Waals surface area contributed by atoms with Crippen LogP contribution in [0.4, 0.5) is 4.79 Å². The maximum atomic E-state index is 12.2. The van der Waals surface area contributed by atoms with Crippen LogP contribution in [0.2, 0.25) is 0 Å². The number of carbonyl (C=O) groups is 1. The van der Waals surface area contributed by atoms with Crippen molar-refractivity contribution in [2.75, 3.05) is 53.5 Å². The van der Waals surface area contributed by atoms with Gasteiger partial charge in [-0.1, -0.05) is 13.0 Å². The first-order chi connectivity index (χ1) is 11.2. The van der Waals surface area contributed by atoms with Gasteiger partial charge in [-0.25, -0.2) is 4.79 Å². The Morgan fingerprint density at radius 3 is 2.43 bits per heavy atom. The van der Waals surface area contributed by atoms with E-state index in [0.717, 1.165) is 44.7 Å². The number of ether oxygens (including phenoxy) is 2. The zero-order chi connectivity index (χ0) is 16.7. The fraction of sp³-hybridized carbons (Fsp3) is 0.588. The molecule has 1 aromatic rings. The van der Waals surface area contributed by atoms with E-state index >= 15 is 0 Å². The Hall–Kier alpha value is -1.95. The molecule has 1 aromatic carbocycles. The minimum Gasteiger partial charge on any atom is -0.493 e. The molecule has 2 rings (SSSR count). The highest BCUT2D eigenvalue weighted by atomic mass is 16.5. The maximum Gasteiger partial charge on any atom is 0.317 e. The zero-order valence-electron chi connectivity index (χ0n) is 14.3. The van der Waals surface area contributed by atoms with Crippen LogP contribution in [0.5, 0.6) is 11.5 Å². The molecule has 23 heavy (non-hydrogen) atoms. The Kier molecular flexibility index (Phi) is 6.52. The van der Waals surface area contributed by atoms with E-state index in [1.165, 1.54) is 0 Å². The summed E-state index contributed by atoms with van der Waals surface area (Å²) < 4.78 is 10.5. The molecule has 128 valence electrons. The largest absolute Gasteiger partial charge is 0.493 e. The third-order valence-electron chi connectivity index (χ3n) is 4.24. The number of likely N-dealkylation sites (N-methyl/N-ethyl adjacent to an activating group) is 1. The number of hydrogen-bond donors (Lipinski definition) is 1. The molecular formula is C17H27N3O3. The lowest BCUT2D eigenvalue weighted by Crippen LogP contribution is -2.51. The van der Waals surface area contributed by atoms with Crippen LogP contribution < -0.4 is 14.8 Å². The van der Waals surface area contributed by atoms with Crippen molar-refractivity contribution in [3.05, 3.63) is 23.8 Å². The quantitative estimate of drug-likeness (QED) is 0.864. The molecule has 0 aliphatic carbocycles. The van der Waals surface area contributed by atoms with E-state index in [1.54, 1.807) is 14.2 Å². The van der Waals surface area contributed by atoms with E-state index in [9.17, 15) is 4.79 Å². The van der Waals surface area contributed by atoms with Crippen molar-refractivity contribution in [3.63, 3.8) is 0 Å². The summed E-state index contributed by atoms with van der Waals surface area (Å²) >= 11 is 0. The van der Waals surface area contributed by atoms with Gasteiger partial charge in [-0.3, -0.25) is 0 Å². The summed E-state index contributed by atoms with van der Waals surface area (Å²) in [6, 6.07) is 5.86. The summed E-state index contributed by atoms with van der Waals surface area (Å²) in [7, 11) is 3.25. The van der Waals surface area contributed by atoms with Crippen LogP contribution in [0.3, 0.4) is 0 Å². The fourth-order valence-corrected chi connectivity index (χ4v) is 2.73. The summed E-state index contributed by atoms with van der Waals surface area (Å²) in [6.45, 7) is 7.33. The topological polar surface area (TPSA) is 54.0 Å². The SMILES string of the molecule is CCN1CCN(C(=O)NCCc2ccc(OC)c(OC)c2)CC1. The predicted molar refractivity (Wildman–Crippen MR) is 90.3 cm³/mol. The second-order valence-corrected chi connectivity index (χ2v) is 5.59. The van der Waals surface area contributed by atoms with Crippen molar-refractivity contribution in [2.24, 2.45) is 0 Å². The van der Waals surface area contributed by atoms with Crippen LogP contribution >= 0.6 is 0 Å². The standard InChI is InChI=1S/C17H27N3O3/c1-4-19-9-11-20(12-10-19)17(21)18-8-7-14-5-6-15(22-2)16(13-14)23-3/h5-6,13H,4,7-12H2,1-3H3,(H,18,21). The van der Waals surface area contributed by atoms with Gasteiger partial charge in [0.1, 0.15) is 0 Å². The highest BCUT2D eigenvalue weighted by molar-refractivity contribution is 5.74. The van der Waals surface area contributed by atoms with Crippen molar-refractivity contribution < 1.29 is 14.3 Å². The second-order valence-electron chi connectivity index (χ2n) is 5.59. The molecule has 1 fully saturated rings. The van der Waals surface area contributed by atoms with Crippen molar-refractivity contribution in [1.29, 1.82) is 0 Å². The number of amides is 2. The number of carbonyl (C=O) groups excluding carboxylic acids is 1. The molecular weight excluding hydrogens is 294 g/mol. The Labute approximate surface area is 138 Å². The highest BCUT2D eigenvalue weighted by Gasteiger charge is 2.19. The summed E-state index contributed by atoms with van der Waals surface area (Å²) in [4.78, 5) is 16.4. The van der Waals surface area contributed by atoms with Gasteiger partial charge in [0.05, 0.1) is 14.2 Å². The molecule has 6 heteroatoms. The van der Waals surface area contributed by atoms with Crippen LogP contribution in [0.25, 0.3) is 0 Å². The third kappa shape index (κ3) is 4.76. The molecule has 2 amide bonds. The van der Waals surface area contributed by atoms with E-state index in [4.69, 9.17) is 9.47 Å². The molecule has 0 saturated carbocycles.